The van der Waals surface area contributed by atoms with Crippen molar-refractivity contribution >= 4 is 44.4 Å². The highest BCUT2D eigenvalue weighted by Crippen LogP contribution is 2.27. The number of benzene rings is 2. The molecule has 2 aromatic carbocycles. The minimum absolute atomic E-state index is 0. The summed E-state index contributed by atoms with van der Waals surface area (Å²) in [6.45, 7) is 6.13. The van der Waals surface area contributed by atoms with Gasteiger partial charge in [0.15, 0.2) is 0 Å². The van der Waals surface area contributed by atoms with Crippen molar-refractivity contribution in [1.82, 2.24) is 4.98 Å². The number of hydrogen-bond donors (Lipinski definition) is 1. The molecule has 0 bridgehead atoms. The molecule has 0 fully saturated rings. The summed E-state index contributed by atoms with van der Waals surface area (Å²) in [6, 6.07) is 13.0. The lowest BCUT2D eigenvalue weighted by Gasteiger charge is -1.94. The van der Waals surface area contributed by atoms with Gasteiger partial charge in [-0.05, 0) is 59.8 Å². The van der Waals surface area contributed by atoms with Crippen molar-refractivity contribution in [3.63, 3.8) is 0 Å². The monoisotopic (exact) mass is 339 g/mol. The van der Waals surface area contributed by atoms with E-state index in [-0.39, 0.29) is 1.43 Å². The number of aryl methyl sites for hydroxylation is 1. The second kappa shape index (κ2) is 5.08. The van der Waals surface area contributed by atoms with Gasteiger partial charge in [0.1, 0.15) is 0 Å². The SMILES string of the molecule is CC.Cc1ccc2[nH]c3ccc(I)cc3c2c1.[HH]. The van der Waals surface area contributed by atoms with E-state index in [0.717, 1.165) is 0 Å². The third-order valence-corrected chi connectivity index (χ3v) is 3.39. The molecule has 0 saturated carbocycles. The Morgan fingerprint density at radius 2 is 1.53 bits per heavy atom. The van der Waals surface area contributed by atoms with Crippen molar-refractivity contribution in [2.45, 2.75) is 20.8 Å². The average Bonchev–Trinajstić information content (AvgIpc) is 2.69. The van der Waals surface area contributed by atoms with Gasteiger partial charge >= 0.3 is 0 Å². The Morgan fingerprint density at radius 3 is 2.24 bits per heavy atom. The first-order valence-corrected chi connectivity index (χ1v) is 6.99. The van der Waals surface area contributed by atoms with Gasteiger partial charge < -0.3 is 4.98 Å². The second-order valence-corrected chi connectivity index (χ2v) is 5.11. The zero-order chi connectivity index (χ0) is 12.4. The van der Waals surface area contributed by atoms with E-state index in [1.54, 1.807) is 0 Å². The fraction of sp³-hybridized carbons (Fsp3) is 0.200. The molecule has 0 aliphatic rings. The zero-order valence-electron chi connectivity index (χ0n) is 10.3. The van der Waals surface area contributed by atoms with Crippen LogP contribution in [0.25, 0.3) is 21.8 Å². The summed E-state index contributed by atoms with van der Waals surface area (Å²) in [4.78, 5) is 3.43. The van der Waals surface area contributed by atoms with Crippen LogP contribution in [-0.4, -0.2) is 4.98 Å². The fourth-order valence-electron chi connectivity index (χ4n) is 1.98. The highest BCUT2D eigenvalue weighted by molar-refractivity contribution is 14.1. The maximum Gasteiger partial charge on any atom is 0.0465 e. The number of H-pyrrole nitrogens is 1. The van der Waals surface area contributed by atoms with Crippen molar-refractivity contribution in [3.05, 3.63) is 45.5 Å². The Kier molecular flexibility index (Phi) is 3.72. The van der Waals surface area contributed by atoms with E-state index in [2.05, 4.69) is 70.9 Å². The highest BCUT2D eigenvalue weighted by atomic mass is 127. The molecule has 0 radical (unpaired) electrons. The molecule has 1 heterocycles. The maximum absolute atomic E-state index is 3.43. The lowest BCUT2D eigenvalue weighted by Crippen LogP contribution is -1.72. The quantitative estimate of drug-likeness (QED) is 0.520. The summed E-state index contributed by atoms with van der Waals surface area (Å²) in [5.74, 6) is 0. The van der Waals surface area contributed by atoms with E-state index in [1.165, 1.54) is 30.9 Å². The first-order valence-electron chi connectivity index (χ1n) is 5.92. The topological polar surface area (TPSA) is 15.8 Å². The number of aromatic amines is 1. The smallest absolute Gasteiger partial charge is 0.0465 e. The summed E-state index contributed by atoms with van der Waals surface area (Å²) in [5, 5.41) is 2.64. The molecule has 1 N–H and O–H groups in total. The second-order valence-electron chi connectivity index (χ2n) is 3.86. The third-order valence-electron chi connectivity index (χ3n) is 2.72. The van der Waals surface area contributed by atoms with Crippen LogP contribution in [0.3, 0.4) is 0 Å². The minimum atomic E-state index is 0. The van der Waals surface area contributed by atoms with E-state index >= 15 is 0 Å². The minimum Gasteiger partial charge on any atom is -0.355 e. The van der Waals surface area contributed by atoms with Crippen LogP contribution in [0.1, 0.15) is 20.8 Å². The molecule has 2 heteroatoms. The number of hydrogen-bond acceptors (Lipinski definition) is 0. The lowest BCUT2D eigenvalue weighted by atomic mass is 10.1. The van der Waals surface area contributed by atoms with Gasteiger partial charge in [0, 0.05) is 26.8 Å². The van der Waals surface area contributed by atoms with E-state index in [4.69, 9.17) is 0 Å². The van der Waals surface area contributed by atoms with Gasteiger partial charge in [-0.2, -0.15) is 0 Å². The van der Waals surface area contributed by atoms with Crippen LogP contribution in [0, 0.1) is 10.5 Å². The fourth-order valence-corrected chi connectivity index (χ4v) is 2.47. The number of aromatic nitrogens is 1. The average molecular weight is 339 g/mol. The molecule has 3 aromatic rings. The van der Waals surface area contributed by atoms with Gasteiger partial charge in [0.2, 0.25) is 0 Å². The van der Waals surface area contributed by atoms with Gasteiger partial charge in [-0.3, -0.25) is 0 Å². The highest BCUT2D eigenvalue weighted by Gasteiger charge is 2.03. The normalized spacial score (nSPS) is 10.4. The third kappa shape index (κ3) is 2.32. The summed E-state index contributed by atoms with van der Waals surface area (Å²) in [5.41, 5.74) is 3.75. The van der Waals surface area contributed by atoms with E-state index in [0.29, 0.717) is 0 Å². The standard InChI is InChI=1S/C13H10IN.C2H6.H2/c1-8-2-4-12-10(6-8)11-7-9(14)3-5-13(11)15-12;1-2;/h2-7,15H,1H3;1-2H3;1H. The molecule has 0 unspecified atom stereocenters. The van der Waals surface area contributed by atoms with Crippen molar-refractivity contribution in [3.8, 4) is 0 Å². The number of fused-ring (bicyclic) bond motifs is 3. The van der Waals surface area contributed by atoms with Crippen molar-refractivity contribution < 1.29 is 1.43 Å². The van der Waals surface area contributed by atoms with Crippen molar-refractivity contribution in [1.29, 1.82) is 0 Å². The van der Waals surface area contributed by atoms with Gasteiger partial charge in [0.05, 0.1) is 0 Å². The molecule has 0 spiro atoms. The van der Waals surface area contributed by atoms with Crippen LogP contribution < -0.4 is 0 Å². The molecule has 17 heavy (non-hydrogen) atoms. The van der Waals surface area contributed by atoms with Crippen LogP contribution in [0.5, 0.6) is 0 Å². The van der Waals surface area contributed by atoms with Crippen LogP contribution in [-0.2, 0) is 0 Å². The maximum atomic E-state index is 3.43. The molecule has 1 aromatic heterocycles. The first kappa shape index (κ1) is 12.4. The van der Waals surface area contributed by atoms with Crippen LogP contribution in [0.4, 0.5) is 0 Å². The Bertz CT molecular complexity index is 602. The molecule has 0 aliphatic carbocycles. The number of halogens is 1. The molecule has 90 valence electrons. The Hall–Kier alpha value is -1.03. The Morgan fingerprint density at radius 1 is 0.941 bits per heavy atom. The van der Waals surface area contributed by atoms with E-state index in [1.807, 2.05) is 13.8 Å². The van der Waals surface area contributed by atoms with Crippen LogP contribution in [0.2, 0.25) is 0 Å². The molecule has 0 saturated heterocycles. The molecular formula is C15H18IN. The van der Waals surface area contributed by atoms with Crippen molar-refractivity contribution in [2.24, 2.45) is 0 Å². The first-order chi connectivity index (χ1) is 8.24. The molecule has 3 rings (SSSR count). The van der Waals surface area contributed by atoms with Gasteiger partial charge in [0.25, 0.3) is 0 Å². The predicted octanol–water partition coefficient (Wildman–Crippen LogP) is 5.51. The Labute approximate surface area is 117 Å². The summed E-state index contributed by atoms with van der Waals surface area (Å²) in [7, 11) is 0. The molecule has 0 atom stereocenters. The molecule has 0 aliphatic heterocycles. The predicted molar refractivity (Wildman–Crippen MR) is 86.7 cm³/mol. The number of nitrogens with one attached hydrogen (secondary N) is 1. The zero-order valence-corrected chi connectivity index (χ0v) is 12.5. The van der Waals surface area contributed by atoms with Gasteiger partial charge in [-0.15, -0.1) is 0 Å². The Balaban J connectivity index is 0.000000516. The van der Waals surface area contributed by atoms with Crippen molar-refractivity contribution in [2.75, 3.05) is 0 Å². The van der Waals surface area contributed by atoms with Gasteiger partial charge in [-0.1, -0.05) is 25.5 Å². The van der Waals surface area contributed by atoms with Crippen LogP contribution in [0.15, 0.2) is 36.4 Å². The lowest BCUT2D eigenvalue weighted by molar-refractivity contribution is 1.48. The molecular weight excluding hydrogens is 321 g/mol. The number of rotatable bonds is 0. The summed E-state index contributed by atoms with van der Waals surface area (Å²) in [6.07, 6.45) is 0. The summed E-state index contributed by atoms with van der Waals surface area (Å²) < 4.78 is 1.28. The summed E-state index contributed by atoms with van der Waals surface area (Å²) >= 11 is 2.35. The largest absolute Gasteiger partial charge is 0.355 e. The van der Waals surface area contributed by atoms with E-state index in [9.17, 15) is 0 Å². The molecule has 1 nitrogen and oxygen atoms in total. The molecule has 0 amide bonds. The van der Waals surface area contributed by atoms with Gasteiger partial charge in [-0.25, -0.2) is 0 Å². The van der Waals surface area contributed by atoms with E-state index < -0.39 is 0 Å². The van der Waals surface area contributed by atoms with Crippen LogP contribution >= 0.6 is 22.6 Å².